The van der Waals surface area contributed by atoms with Gasteiger partial charge in [0.05, 0.1) is 12.3 Å². The Morgan fingerprint density at radius 2 is 2.29 bits per heavy atom. The second-order valence-corrected chi connectivity index (χ2v) is 3.86. The highest BCUT2D eigenvalue weighted by Gasteiger charge is 2.04. The van der Waals surface area contributed by atoms with Crippen LogP contribution in [0.3, 0.4) is 0 Å². The van der Waals surface area contributed by atoms with E-state index >= 15 is 0 Å². The predicted molar refractivity (Wildman–Crippen MR) is 57.7 cm³/mol. The molecule has 0 saturated heterocycles. The van der Waals surface area contributed by atoms with Crippen molar-refractivity contribution >= 4 is 21.6 Å². The average Bonchev–Trinajstić information content (AvgIpc) is 2.19. The molecule has 0 saturated carbocycles. The van der Waals surface area contributed by atoms with Crippen molar-refractivity contribution in [2.24, 2.45) is 5.73 Å². The van der Waals surface area contributed by atoms with Gasteiger partial charge in [-0.25, -0.2) is 4.39 Å². The van der Waals surface area contributed by atoms with Gasteiger partial charge in [0.2, 0.25) is 0 Å². The second kappa shape index (κ2) is 5.29. The van der Waals surface area contributed by atoms with Gasteiger partial charge in [0.15, 0.2) is 0 Å². The van der Waals surface area contributed by atoms with E-state index in [-0.39, 0.29) is 18.5 Å². The Morgan fingerprint density at radius 1 is 1.57 bits per heavy atom. The number of benzene rings is 1. The largest absolute Gasteiger partial charge is 0.395 e. The van der Waals surface area contributed by atoms with Crippen molar-refractivity contribution in [2.75, 3.05) is 18.5 Å². The van der Waals surface area contributed by atoms with Crippen LogP contribution in [0.2, 0.25) is 0 Å². The van der Waals surface area contributed by atoms with Gasteiger partial charge in [0.1, 0.15) is 5.82 Å². The van der Waals surface area contributed by atoms with Crippen molar-refractivity contribution < 1.29 is 9.50 Å². The summed E-state index contributed by atoms with van der Waals surface area (Å²) < 4.78 is 13.9. The fourth-order valence-electron chi connectivity index (χ4n) is 0.939. The third-order valence-electron chi connectivity index (χ3n) is 1.72. The minimum Gasteiger partial charge on any atom is -0.395 e. The van der Waals surface area contributed by atoms with Crippen LogP contribution in [0.1, 0.15) is 0 Å². The van der Waals surface area contributed by atoms with Crippen molar-refractivity contribution in [1.29, 1.82) is 0 Å². The Morgan fingerprint density at radius 3 is 2.93 bits per heavy atom. The van der Waals surface area contributed by atoms with Crippen molar-refractivity contribution in [3.8, 4) is 0 Å². The molecule has 4 N–H and O–H groups in total. The summed E-state index contributed by atoms with van der Waals surface area (Å²) in [4.78, 5) is 0. The third kappa shape index (κ3) is 3.25. The first-order chi connectivity index (χ1) is 6.63. The van der Waals surface area contributed by atoms with Crippen LogP contribution in [0.15, 0.2) is 22.7 Å². The molecule has 1 aromatic carbocycles. The molecule has 1 aromatic rings. The Hall–Kier alpha value is -0.650. The Balaban J connectivity index is 2.62. The topological polar surface area (TPSA) is 58.3 Å². The van der Waals surface area contributed by atoms with E-state index in [4.69, 9.17) is 10.8 Å². The second-order valence-electron chi connectivity index (χ2n) is 2.95. The van der Waals surface area contributed by atoms with Crippen LogP contribution < -0.4 is 11.1 Å². The molecule has 1 unspecified atom stereocenters. The quantitative estimate of drug-likeness (QED) is 0.767. The van der Waals surface area contributed by atoms with Gasteiger partial charge in [-0.15, -0.1) is 0 Å². The third-order valence-corrected chi connectivity index (χ3v) is 2.21. The standard InChI is InChI=1S/C9H12BrFN2O/c10-6-1-2-8(11)9(3-6)13-4-7(12)5-14/h1-3,7,13-14H,4-5,12H2. The molecule has 0 aliphatic heterocycles. The van der Waals surface area contributed by atoms with Crippen LogP contribution >= 0.6 is 15.9 Å². The van der Waals surface area contributed by atoms with Gasteiger partial charge in [0.25, 0.3) is 0 Å². The molecule has 78 valence electrons. The lowest BCUT2D eigenvalue weighted by Gasteiger charge is -2.11. The zero-order valence-electron chi connectivity index (χ0n) is 7.50. The average molecular weight is 263 g/mol. The minimum absolute atomic E-state index is 0.122. The lowest BCUT2D eigenvalue weighted by atomic mass is 10.3. The first kappa shape index (κ1) is 11.4. The summed E-state index contributed by atoms with van der Waals surface area (Å²) in [6, 6.07) is 4.22. The van der Waals surface area contributed by atoms with Crippen LogP contribution in [-0.2, 0) is 0 Å². The van der Waals surface area contributed by atoms with Gasteiger partial charge in [-0.05, 0) is 18.2 Å². The highest BCUT2D eigenvalue weighted by Crippen LogP contribution is 2.19. The fourth-order valence-corrected chi connectivity index (χ4v) is 1.30. The normalized spacial score (nSPS) is 12.6. The van der Waals surface area contributed by atoms with Gasteiger partial charge in [0, 0.05) is 17.1 Å². The SMILES string of the molecule is NC(CO)CNc1cc(Br)ccc1F. The number of nitrogens with one attached hydrogen (secondary N) is 1. The molecule has 3 nitrogen and oxygen atoms in total. The van der Waals surface area contributed by atoms with E-state index in [9.17, 15) is 4.39 Å². The molecule has 0 amide bonds. The summed E-state index contributed by atoms with van der Waals surface area (Å²) in [6.07, 6.45) is 0. The molecule has 1 atom stereocenters. The van der Waals surface area contributed by atoms with Crippen LogP contribution in [-0.4, -0.2) is 24.3 Å². The van der Waals surface area contributed by atoms with E-state index in [1.807, 2.05) is 0 Å². The summed E-state index contributed by atoms with van der Waals surface area (Å²) in [5, 5.41) is 11.5. The van der Waals surface area contributed by atoms with E-state index in [0.717, 1.165) is 4.47 Å². The van der Waals surface area contributed by atoms with Gasteiger partial charge in [-0.3, -0.25) is 0 Å². The van der Waals surface area contributed by atoms with Crippen molar-refractivity contribution in [2.45, 2.75) is 6.04 Å². The van der Waals surface area contributed by atoms with Crippen molar-refractivity contribution in [3.05, 3.63) is 28.5 Å². The van der Waals surface area contributed by atoms with Crippen LogP contribution in [0.5, 0.6) is 0 Å². The molecule has 1 rings (SSSR count). The minimum atomic E-state index is -0.381. The highest BCUT2D eigenvalue weighted by atomic mass is 79.9. The number of aliphatic hydroxyl groups is 1. The molecule has 0 fully saturated rings. The fraction of sp³-hybridized carbons (Fsp3) is 0.333. The molecule has 0 bridgehead atoms. The number of rotatable bonds is 4. The molecule has 5 heteroatoms. The summed E-state index contributed by atoms with van der Waals surface area (Å²) in [7, 11) is 0. The summed E-state index contributed by atoms with van der Waals surface area (Å²) in [6.45, 7) is 0.215. The Kier molecular flexibility index (Phi) is 4.31. The molecular weight excluding hydrogens is 251 g/mol. The highest BCUT2D eigenvalue weighted by molar-refractivity contribution is 9.10. The molecular formula is C9H12BrFN2O. The maximum absolute atomic E-state index is 13.1. The zero-order valence-corrected chi connectivity index (χ0v) is 9.09. The molecule has 0 heterocycles. The van der Waals surface area contributed by atoms with Gasteiger partial charge in [-0.2, -0.15) is 0 Å². The molecule has 0 radical (unpaired) electrons. The van der Waals surface area contributed by atoms with Crippen LogP contribution in [0.25, 0.3) is 0 Å². The first-order valence-electron chi connectivity index (χ1n) is 4.19. The molecule has 0 spiro atoms. The Bertz CT molecular complexity index is 309. The molecule has 0 aliphatic rings. The van der Waals surface area contributed by atoms with Crippen LogP contribution in [0.4, 0.5) is 10.1 Å². The van der Waals surface area contributed by atoms with Gasteiger partial charge in [-0.1, -0.05) is 15.9 Å². The number of aliphatic hydroxyl groups excluding tert-OH is 1. The molecule has 14 heavy (non-hydrogen) atoms. The number of nitrogens with two attached hydrogens (primary N) is 1. The lowest BCUT2D eigenvalue weighted by Crippen LogP contribution is -2.32. The van der Waals surface area contributed by atoms with E-state index in [0.29, 0.717) is 12.2 Å². The van der Waals surface area contributed by atoms with E-state index in [2.05, 4.69) is 21.2 Å². The number of hydrogen-bond acceptors (Lipinski definition) is 3. The van der Waals surface area contributed by atoms with Crippen molar-refractivity contribution in [1.82, 2.24) is 0 Å². The van der Waals surface area contributed by atoms with Gasteiger partial charge < -0.3 is 16.2 Å². The monoisotopic (exact) mass is 262 g/mol. The zero-order chi connectivity index (χ0) is 10.6. The van der Waals surface area contributed by atoms with Crippen molar-refractivity contribution in [3.63, 3.8) is 0 Å². The maximum atomic E-state index is 13.1. The van der Waals surface area contributed by atoms with Crippen LogP contribution in [0, 0.1) is 5.82 Å². The van der Waals surface area contributed by atoms with Gasteiger partial charge >= 0.3 is 0 Å². The molecule has 0 aliphatic carbocycles. The number of halogens is 2. The summed E-state index contributed by atoms with van der Waals surface area (Å²) >= 11 is 3.23. The lowest BCUT2D eigenvalue weighted by molar-refractivity contribution is 0.270. The predicted octanol–water partition coefficient (Wildman–Crippen LogP) is 1.32. The molecule has 0 aromatic heterocycles. The van der Waals surface area contributed by atoms with E-state index in [1.165, 1.54) is 6.07 Å². The number of hydrogen-bond donors (Lipinski definition) is 3. The van der Waals surface area contributed by atoms with E-state index < -0.39 is 0 Å². The summed E-state index contributed by atoms with van der Waals surface area (Å²) in [5.74, 6) is -0.335. The van der Waals surface area contributed by atoms with E-state index in [1.54, 1.807) is 12.1 Å². The first-order valence-corrected chi connectivity index (χ1v) is 4.98. The smallest absolute Gasteiger partial charge is 0.146 e. The maximum Gasteiger partial charge on any atom is 0.146 e. The summed E-state index contributed by atoms with van der Waals surface area (Å²) in [5.41, 5.74) is 5.84. The Labute approximate surface area is 90.2 Å². The number of anilines is 1.